The standard InChI is InChI=1S/C36H34F3N7O4/c1-5-24-27(38)9-8-20-13-23(50-18-47-4)15-26(28(20)24)31-30(39)32-29-34(44-36(43-32)49-17-22-14-21(37)16-45(22)3)46(11-12-48-35(29)42-31)19(2)25-7-6-10-41-33(25)40/h1,6-10,13,15,19,21-22H,11-12,14,16-18H2,2-4H3,(H2,40,41)/t19?,21-,22+/m1/s1. The highest BCUT2D eigenvalue weighted by molar-refractivity contribution is 6.04. The average Bonchev–Trinajstić information content (AvgIpc) is 3.32. The predicted molar refractivity (Wildman–Crippen MR) is 182 cm³/mol. The van der Waals surface area contributed by atoms with Crippen LogP contribution in [0.25, 0.3) is 32.9 Å². The van der Waals surface area contributed by atoms with Crippen LogP contribution in [0.15, 0.2) is 42.6 Å². The Balaban J connectivity index is 1.46. The van der Waals surface area contributed by atoms with Crippen molar-refractivity contribution in [3.8, 4) is 41.2 Å². The van der Waals surface area contributed by atoms with E-state index in [4.69, 9.17) is 36.1 Å². The molecule has 14 heteroatoms. The number of ether oxygens (including phenoxy) is 4. The Morgan fingerprint density at radius 2 is 1.98 bits per heavy atom. The van der Waals surface area contributed by atoms with E-state index in [-0.39, 0.29) is 90.1 Å². The molecule has 2 aliphatic heterocycles. The van der Waals surface area contributed by atoms with Gasteiger partial charge in [0.15, 0.2) is 12.6 Å². The van der Waals surface area contributed by atoms with Crippen molar-refractivity contribution in [3.63, 3.8) is 0 Å². The number of methoxy groups -OCH3 is 1. The van der Waals surface area contributed by atoms with Gasteiger partial charge in [-0.15, -0.1) is 6.42 Å². The molecule has 1 fully saturated rings. The van der Waals surface area contributed by atoms with E-state index in [9.17, 15) is 4.39 Å². The highest BCUT2D eigenvalue weighted by atomic mass is 19.1. The number of nitrogens with zero attached hydrogens (tertiary/aromatic N) is 6. The van der Waals surface area contributed by atoms with Gasteiger partial charge >= 0.3 is 6.01 Å². The molecule has 258 valence electrons. The van der Waals surface area contributed by atoms with Crippen molar-refractivity contribution in [1.29, 1.82) is 0 Å². The van der Waals surface area contributed by atoms with Crippen LogP contribution in [0.5, 0.6) is 17.6 Å². The van der Waals surface area contributed by atoms with Crippen LogP contribution in [0, 0.1) is 24.0 Å². The topological polar surface area (TPSA) is 121 Å². The number of likely N-dealkylation sites (N-methyl/N-ethyl adjacent to an activating group) is 1. The molecular weight excluding hydrogens is 651 g/mol. The number of benzene rings is 2. The zero-order chi connectivity index (χ0) is 35.1. The van der Waals surface area contributed by atoms with Crippen molar-refractivity contribution in [1.82, 2.24) is 24.8 Å². The number of fused-ring (bicyclic) bond motifs is 1. The molecule has 5 aromatic rings. The zero-order valence-electron chi connectivity index (χ0n) is 27.6. The van der Waals surface area contributed by atoms with Gasteiger partial charge < -0.3 is 29.6 Å². The van der Waals surface area contributed by atoms with Gasteiger partial charge in [-0.05, 0) is 50.0 Å². The van der Waals surface area contributed by atoms with Crippen LogP contribution in [-0.4, -0.2) is 84.3 Å². The summed E-state index contributed by atoms with van der Waals surface area (Å²) >= 11 is 0. The minimum atomic E-state index is -0.987. The van der Waals surface area contributed by atoms with Gasteiger partial charge in [-0.1, -0.05) is 18.1 Å². The largest absolute Gasteiger partial charge is 0.475 e. The molecule has 0 amide bonds. The molecule has 0 saturated carbocycles. The first-order valence-corrected chi connectivity index (χ1v) is 16.0. The second kappa shape index (κ2) is 13.5. The Kier molecular flexibility index (Phi) is 8.94. The monoisotopic (exact) mass is 685 g/mol. The quantitative estimate of drug-likeness (QED) is 0.158. The molecule has 2 N–H and O–H groups in total. The number of alkyl halides is 1. The second-order valence-electron chi connectivity index (χ2n) is 12.3. The number of aromatic nitrogens is 4. The molecule has 0 radical (unpaired) electrons. The molecule has 2 aliphatic rings. The van der Waals surface area contributed by atoms with Gasteiger partial charge in [-0.2, -0.15) is 9.97 Å². The first-order chi connectivity index (χ1) is 24.2. The van der Waals surface area contributed by atoms with Gasteiger partial charge in [0.05, 0.1) is 18.2 Å². The number of hydrogen-bond acceptors (Lipinski definition) is 11. The molecule has 7 rings (SSSR count). The highest BCUT2D eigenvalue weighted by Gasteiger charge is 2.33. The van der Waals surface area contributed by atoms with E-state index in [1.165, 1.54) is 25.3 Å². The van der Waals surface area contributed by atoms with Crippen LogP contribution in [-0.2, 0) is 4.74 Å². The Morgan fingerprint density at radius 3 is 2.72 bits per heavy atom. The minimum absolute atomic E-state index is 0.0534. The van der Waals surface area contributed by atoms with E-state index in [1.54, 1.807) is 18.3 Å². The third-order valence-corrected chi connectivity index (χ3v) is 9.17. The van der Waals surface area contributed by atoms with Crippen molar-refractivity contribution < 1.29 is 32.1 Å². The number of nitrogens with two attached hydrogens (primary N) is 1. The molecule has 3 atom stereocenters. The van der Waals surface area contributed by atoms with Crippen molar-refractivity contribution in [2.45, 2.75) is 31.6 Å². The third-order valence-electron chi connectivity index (χ3n) is 9.17. The summed E-state index contributed by atoms with van der Waals surface area (Å²) in [5, 5.41) is 0.943. The van der Waals surface area contributed by atoms with Crippen LogP contribution >= 0.6 is 0 Å². The highest BCUT2D eigenvalue weighted by Crippen LogP contribution is 2.44. The number of pyridine rings is 2. The maximum atomic E-state index is 17.2. The van der Waals surface area contributed by atoms with Gasteiger partial charge in [-0.25, -0.2) is 23.1 Å². The number of halogens is 3. The summed E-state index contributed by atoms with van der Waals surface area (Å²) in [4.78, 5) is 22.0. The van der Waals surface area contributed by atoms with Crippen molar-refractivity contribution in [3.05, 3.63) is 65.4 Å². The van der Waals surface area contributed by atoms with Gasteiger partial charge in [-0.3, -0.25) is 4.90 Å². The molecule has 11 nitrogen and oxygen atoms in total. The van der Waals surface area contributed by atoms with Crippen LogP contribution in [0.2, 0.25) is 0 Å². The van der Waals surface area contributed by atoms with Crippen LogP contribution in [0.3, 0.4) is 0 Å². The van der Waals surface area contributed by atoms with E-state index in [2.05, 4.69) is 20.9 Å². The maximum absolute atomic E-state index is 17.2. The smallest absolute Gasteiger partial charge is 0.319 e. The molecule has 1 unspecified atom stereocenters. The third kappa shape index (κ3) is 5.92. The van der Waals surface area contributed by atoms with E-state index >= 15 is 8.78 Å². The fourth-order valence-electron chi connectivity index (χ4n) is 6.66. The summed E-state index contributed by atoms with van der Waals surface area (Å²) in [5.41, 5.74) is 6.72. The van der Waals surface area contributed by atoms with E-state index < -0.39 is 17.8 Å². The molecule has 3 aromatic heterocycles. The summed E-state index contributed by atoms with van der Waals surface area (Å²) < 4.78 is 69.6. The Hall–Kier alpha value is -5.39. The number of hydrogen-bond donors (Lipinski definition) is 1. The molecule has 1 saturated heterocycles. The lowest BCUT2D eigenvalue weighted by molar-refractivity contribution is 0.0512. The zero-order valence-corrected chi connectivity index (χ0v) is 27.6. The van der Waals surface area contributed by atoms with E-state index in [0.29, 0.717) is 29.3 Å². The molecule has 0 bridgehead atoms. The molecule has 5 heterocycles. The number of anilines is 2. The summed E-state index contributed by atoms with van der Waals surface area (Å²) in [6.07, 6.45) is 6.67. The minimum Gasteiger partial charge on any atom is -0.475 e. The molecule has 2 aromatic carbocycles. The predicted octanol–water partition coefficient (Wildman–Crippen LogP) is 5.45. The lowest BCUT2D eigenvalue weighted by Crippen LogP contribution is -2.32. The molecule has 0 aliphatic carbocycles. The normalized spacial score (nSPS) is 18.1. The van der Waals surface area contributed by atoms with Crippen molar-refractivity contribution >= 4 is 33.3 Å². The van der Waals surface area contributed by atoms with Gasteiger partial charge in [0.1, 0.15) is 59.2 Å². The first-order valence-electron chi connectivity index (χ1n) is 16.0. The van der Waals surface area contributed by atoms with Gasteiger partial charge in [0.25, 0.3) is 0 Å². The molecule has 50 heavy (non-hydrogen) atoms. The maximum Gasteiger partial charge on any atom is 0.319 e. The molecular formula is C36H34F3N7O4. The number of rotatable bonds is 9. The van der Waals surface area contributed by atoms with Crippen molar-refractivity contribution in [2.24, 2.45) is 0 Å². The SMILES string of the molecule is C#Cc1c(F)ccc2cc(OCOC)cc(-c3nc4c5c(nc(OC[C@@H]6C[C@@H](F)CN6C)nc5c3F)N(C(C)c3cccnc3N)CCO4)c12. The van der Waals surface area contributed by atoms with Crippen LogP contribution in [0.4, 0.5) is 24.8 Å². The Labute approximate surface area is 286 Å². The molecule has 0 spiro atoms. The van der Waals surface area contributed by atoms with Crippen LogP contribution in [0.1, 0.15) is 30.5 Å². The summed E-state index contributed by atoms with van der Waals surface area (Å²) in [6.45, 7) is 2.62. The van der Waals surface area contributed by atoms with E-state index in [0.717, 1.165) is 5.56 Å². The summed E-state index contributed by atoms with van der Waals surface area (Å²) in [7, 11) is 3.28. The number of nitrogen functional groups attached to an aromatic ring is 1. The van der Waals surface area contributed by atoms with E-state index in [1.807, 2.05) is 29.8 Å². The Bertz CT molecular complexity index is 2150. The lowest BCUT2D eigenvalue weighted by atomic mass is 9.95. The summed E-state index contributed by atoms with van der Waals surface area (Å²) in [5.74, 6) is 1.89. The Morgan fingerprint density at radius 1 is 1.14 bits per heavy atom. The first kappa shape index (κ1) is 33.1. The number of likely N-dealkylation sites (tertiary alicyclic amines) is 1. The summed E-state index contributed by atoms with van der Waals surface area (Å²) in [6, 6.07) is 8.82. The number of terminal acetylenes is 1. The fourth-order valence-corrected chi connectivity index (χ4v) is 6.66. The van der Waals surface area contributed by atoms with Crippen LogP contribution < -0.4 is 24.8 Å². The average molecular weight is 686 g/mol. The fraction of sp³-hybridized carbons (Fsp3) is 0.333. The second-order valence-corrected chi connectivity index (χ2v) is 12.3. The van der Waals surface area contributed by atoms with Crippen molar-refractivity contribution in [2.75, 3.05) is 57.9 Å². The van der Waals surface area contributed by atoms with Gasteiger partial charge in [0, 0.05) is 42.4 Å². The lowest BCUT2D eigenvalue weighted by Gasteiger charge is -2.30. The van der Waals surface area contributed by atoms with Gasteiger partial charge in [0.2, 0.25) is 5.88 Å².